The quantitative estimate of drug-likeness (QED) is 0.142. The Labute approximate surface area is 221 Å². The van der Waals surface area contributed by atoms with Crippen molar-refractivity contribution in [1.29, 1.82) is 0 Å². The van der Waals surface area contributed by atoms with Gasteiger partial charge in [0.25, 0.3) is 0 Å². The van der Waals surface area contributed by atoms with Crippen molar-refractivity contribution in [3.63, 3.8) is 0 Å². The largest absolute Gasteiger partial charge is 0.379 e. The molecule has 0 aromatic carbocycles. The third kappa shape index (κ3) is 31.3. The van der Waals surface area contributed by atoms with Crippen molar-refractivity contribution in [3.05, 3.63) is 0 Å². The van der Waals surface area contributed by atoms with Gasteiger partial charge in [-0.1, -0.05) is 39.5 Å². The van der Waals surface area contributed by atoms with Gasteiger partial charge in [0.1, 0.15) is 0 Å². The van der Waals surface area contributed by atoms with E-state index in [1.165, 1.54) is 25.7 Å². The SMILES string of the molecule is CC(C)CCCOCCOCCOCCOCCOCCNC(=O)CCCCCCCCOC(C)C. The van der Waals surface area contributed by atoms with E-state index in [4.69, 9.17) is 28.4 Å². The second-order valence-electron chi connectivity index (χ2n) is 9.74. The molecule has 0 aliphatic rings. The number of carbonyl (C=O) groups excluding carboxylic acids is 1. The molecular weight excluding hydrogens is 462 g/mol. The fourth-order valence-corrected chi connectivity index (χ4v) is 3.34. The summed E-state index contributed by atoms with van der Waals surface area (Å²) < 4.78 is 33.0. The highest BCUT2D eigenvalue weighted by Gasteiger charge is 2.01. The van der Waals surface area contributed by atoms with Crippen molar-refractivity contribution in [2.75, 3.05) is 79.2 Å². The highest BCUT2D eigenvalue weighted by atomic mass is 16.6. The van der Waals surface area contributed by atoms with Gasteiger partial charge in [-0.25, -0.2) is 0 Å². The summed E-state index contributed by atoms with van der Waals surface area (Å²) in [5.41, 5.74) is 0. The number of unbranched alkanes of at least 4 members (excludes halogenated alkanes) is 5. The molecule has 0 aliphatic carbocycles. The second-order valence-corrected chi connectivity index (χ2v) is 9.74. The summed E-state index contributed by atoms with van der Waals surface area (Å²) in [5, 5.41) is 2.91. The van der Waals surface area contributed by atoms with E-state index in [0.29, 0.717) is 78.5 Å². The van der Waals surface area contributed by atoms with Gasteiger partial charge in [0.15, 0.2) is 0 Å². The first-order chi connectivity index (χ1) is 17.5. The normalized spacial score (nSPS) is 11.6. The predicted octanol–water partition coefficient (Wildman–Crippen LogP) is 4.78. The Kier molecular flexibility index (Phi) is 28.2. The maximum absolute atomic E-state index is 11.8. The van der Waals surface area contributed by atoms with E-state index in [1.54, 1.807) is 0 Å². The number of hydrogen-bond donors (Lipinski definition) is 1. The zero-order chi connectivity index (χ0) is 26.5. The van der Waals surface area contributed by atoms with E-state index in [9.17, 15) is 4.79 Å². The zero-order valence-electron chi connectivity index (χ0n) is 23.9. The molecule has 0 fully saturated rings. The summed E-state index contributed by atoms with van der Waals surface area (Å²) in [6.07, 6.45) is 10.0. The van der Waals surface area contributed by atoms with Crippen LogP contribution >= 0.6 is 0 Å². The summed E-state index contributed by atoms with van der Waals surface area (Å²) in [4.78, 5) is 11.8. The summed E-state index contributed by atoms with van der Waals surface area (Å²) in [7, 11) is 0. The van der Waals surface area contributed by atoms with Crippen LogP contribution in [0, 0.1) is 5.92 Å². The van der Waals surface area contributed by atoms with Gasteiger partial charge < -0.3 is 33.7 Å². The molecule has 1 amide bonds. The Balaban J connectivity index is 3.14. The molecule has 8 nitrogen and oxygen atoms in total. The van der Waals surface area contributed by atoms with E-state index in [-0.39, 0.29) is 5.91 Å². The molecule has 8 heteroatoms. The predicted molar refractivity (Wildman–Crippen MR) is 145 cm³/mol. The molecule has 0 rings (SSSR count). The smallest absolute Gasteiger partial charge is 0.220 e. The lowest BCUT2D eigenvalue weighted by atomic mass is 10.1. The summed E-state index contributed by atoms with van der Waals surface area (Å²) >= 11 is 0. The van der Waals surface area contributed by atoms with Gasteiger partial charge in [-0.2, -0.15) is 0 Å². The summed E-state index contributed by atoms with van der Waals surface area (Å²) in [5.74, 6) is 0.842. The molecule has 0 heterocycles. The van der Waals surface area contributed by atoms with Crippen molar-refractivity contribution in [3.8, 4) is 0 Å². The Bertz CT molecular complexity index is 450. The molecule has 36 heavy (non-hydrogen) atoms. The van der Waals surface area contributed by atoms with Crippen LogP contribution in [0.2, 0.25) is 0 Å². The van der Waals surface area contributed by atoms with Crippen LogP contribution in [0.4, 0.5) is 0 Å². The number of rotatable bonds is 29. The maximum Gasteiger partial charge on any atom is 0.220 e. The Morgan fingerprint density at radius 2 is 1.03 bits per heavy atom. The highest BCUT2D eigenvalue weighted by Crippen LogP contribution is 2.07. The van der Waals surface area contributed by atoms with Crippen LogP contribution < -0.4 is 5.32 Å². The van der Waals surface area contributed by atoms with Crippen molar-refractivity contribution >= 4 is 5.91 Å². The van der Waals surface area contributed by atoms with Crippen LogP contribution in [0.25, 0.3) is 0 Å². The molecule has 0 atom stereocenters. The van der Waals surface area contributed by atoms with Crippen LogP contribution in [-0.2, 0) is 33.2 Å². The summed E-state index contributed by atoms with van der Waals surface area (Å²) in [6.45, 7) is 15.8. The Hall–Kier alpha value is -0.770. The highest BCUT2D eigenvalue weighted by molar-refractivity contribution is 5.75. The minimum Gasteiger partial charge on any atom is -0.379 e. The number of hydrogen-bond acceptors (Lipinski definition) is 7. The lowest BCUT2D eigenvalue weighted by Gasteiger charge is -2.09. The second kappa shape index (κ2) is 28.8. The van der Waals surface area contributed by atoms with Crippen LogP contribution in [0.1, 0.15) is 85.5 Å². The van der Waals surface area contributed by atoms with Crippen LogP contribution in [0.5, 0.6) is 0 Å². The van der Waals surface area contributed by atoms with Gasteiger partial charge in [0, 0.05) is 26.2 Å². The number of carbonyl (C=O) groups is 1. The molecule has 0 saturated heterocycles. The van der Waals surface area contributed by atoms with E-state index >= 15 is 0 Å². The topological polar surface area (TPSA) is 84.5 Å². The zero-order valence-corrected chi connectivity index (χ0v) is 23.9. The molecule has 0 saturated carbocycles. The molecule has 1 N–H and O–H groups in total. The molecule has 0 bridgehead atoms. The Morgan fingerprint density at radius 3 is 1.56 bits per heavy atom. The number of nitrogens with one attached hydrogen (secondary N) is 1. The first-order valence-corrected chi connectivity index (χ1v) is 14.3. The molecule has 0 aliphatic heterocycles. The van der Waals surface area contributed by atoms with E-state index < -0.39 is 0 Å². The van der Waals surface area contributed by atoms with E-state index in [2.05, 4.69) is 33.0 Å². The standard InChI is InChI=1S/C28H57NO7/c1-26(2)12-11-15-31-18-20-33-22-24-35-25-23-34-21-19-32-17-14-29-28(30)13-9-7-5-6-8-10-16-36-27(3)4/h26-27H,5-25H2,1-4H3,(H,29,30). The lowest BCUT2D eigenvalue weighted by Crippen LogP contribution is -2.27. The molecule has 216 valence electrons. The third-order valence-corrected chi connectivity index (χ3v) is 5.38. The van der Waals surface area contributed by atoms with Crippen LogP contribution in [0.3, 0.4) is 0 Å². The van der Waals surface area contributed by atoms with Gasteiger partial charge in [0.2, 0.25) is 5.91 Å². The van der Waals surface area contributed by atoms with E-state index in [1.807, 2.05) is 0 Å². The van der Waals surface area contributed by atoms with Gasteiger partial charge in [-0.15, -0.1) is 0 Å². The number of ether oxygens (including phenoxy) is 6. The maximum atomic E-state index is 11.8. The van der Waals surface area contributed by atoms with Crippen molar-refractivity contribution in [2.24, 2.45) is 5.92 Å². The Morgan fingerprint density at radius 1 is 0.556 bits per heavy atom. The lowest BCUT2D eigenvalue weighted by molar-refractivity contribution is -0.121. The third-order valence-electron chi connectivity index (χ3n) is 5.38. The van der Waals surface area contributed by atoms with E-state index in [0.717, 1.165) is 44.8 Å². The first kappa shape index (κ1) is 35.2. The summed E-state index contributed by atoms with van der Waals surface area (Å²) in [6, 6.07) is 0. The van der Waals surface area contributed by atoms with Gasteiger partial charge >= 0.3 is 0 Å². The van der Waals surface area contributed by atoms with Gasteiger partial charge in [0.05, 0.1) is 65.6 Å². The molecular formula is C28H57NO7. The minimum absolute atomic E-state index is 0.107. The van der Waals surface area contributed by atoms with Gasteiger partial charge in [-0.05, 0) is 45.4 Å². The van der Waals surface area contributed by atoms with Crippen molar-refractivity contribution in [1.82, 2.24) is 5.32 Å². The van der Waals surface area contributed by atoms with Crippen molar-refractivity contribution in [2.45, 2.75) is 91.6 Å². The first-order valence-electron chi connectivity index (χ1n) is 14.3. The van der Waals surface area contributed by atoms with Crippen LogP contribution in [-0.4, -0.2) is 91.2 Å². The fourth-order valence-electron chi connectivity index (χ4n) is 3.34. The minimum atomic E-state index is 0.107. The average molecular weight is 520 g/mol. The molecule has 0 aromatic heterocycles. The monoisotopic (exact) mass is 519 g/mol. The van der Waals surface area contributed by atoms with Crippen LogP contribution in [0.15, 0.2) is 0 Å². The molecule has 0 aromatic rings. The van der Waals surface area contributed by atoms with Gasteiger partial charge in [-0.3, -0.25) is 4.79 Å². The molecule has 0 spiro atoms. The average Bonchev–Trinajstić information content (AvgIpc) is 2.84. The molecule has 0 unspecified atom stereocenters. The fraction of sp³-hybridized carbons (Fsp3) is 0.964. The molecule has 0 radical (unpaired) electrons. The van der Waals surface area contributed by atoms with Crippen molar-refractivity contribution < 1.29 is 33.2 Å². The number of amides is 1.